The summed E-state index contributed by atoms with van der Waals surface area (Å²) in [5.74, 6) is -1.55. The molecule has 0 unspecified atom stereocenters. The van der Waals surface area contributed by atoms with Gasteiger partial charge in [0.25, 0.3) is 5.91 Å². The fraction of sp³-hybridized carbons (Fsp3) is 0.571. The lowest BCUT2D eigenvalue weighted by Crippen LogP contribution is -2.50. The second-order valence-electron chi connectivity index (χ2n) is 3.13. The molecule has 90 valence electrons. The lowest BCUT2D eigenvalue weighted by Gasteiger charge is -2.23. The summed E-state index contributed by atoms with van der Waals surface area (Å²) in [6, 6.07) is 0. The van der Waals surface area contributed by atoms with Crippen molar-refractivity contribution in [3.63, 3.8) is 0 Å². The number of amides is 1. The Balaban J connectivity index is 3.15. The van der Waals surface area contributed by atoms with Gasteiger partial charge in [-0.15, -0.1) is 4.40 Å². The number of hydrogen-bond acceptors (Lipinski definition) is 6. The minimum atomic E-state index is -4.08. The molecule has 0 bridgehead atoms. The average molecular weight is 248 g/mol. The molecule has 0 saturated heterocycles. The van der Waals surface area contributed by atoms with E-state index < -0.39 is 27.7 Å². The van der Waals surface area contributed by atoms with Crippen LogP contribution in [0.25, 0.3) is 0 Å². The van der Waals surface area contributed by atoms with Crippen molar-refractivity contribution in [3.8, 4) is 0 Å². The molecule has 1 aliphatic rings. The van der Waals surface area contributed by atoms with Gasteiger partial charge >= 0.3 is 10.2 Å². The van der Waals surface area contributed by atoms with Gasteiger partial charge in [0.1, 0.15) is 0 Å². The minimum absolute atomic E-state index is 0.00648. The number of carbonyl (C=O) groups excluding carboxylic acids is 1. The Kier molecular flexibility index (Phi) is 3.48. The summed E-state index contributed by atoms with van der Waals surface area (Å²) in [7, 11) is -4.08. The lowest BCUT2D eigenvalue weighted by molar-refractivity contribution is -0.119. The maximum atomic E-state index is 11.6. The molecule has 16 heavy (non-hydrogen) atoms. The van der Waals surface area contributed by atoms with E-state index in [0.29, 0.717) is 17.1 Å². The third-order valence-corrected chi connectivity index (χ3v) is 3.31. The molecule has 0 aromatic rings. The SMILES string of the molecule is CCCCN1C(=O)/C(=N\O)C(N)=NS1(=O)=O. The van der Waals surface area contributed by atoms with Crippen LogP contribution in [0.15, 0.2) is 9.55 Å². The van der Waals surface area contributed by atoms with Crippen LogP contribution in [0.2, 0.25) is 0 Å². The Morgan fingerprint density at radius 3 is 2.69 bits per heavy atom. The first-order valence-electron chi connectivity index (χ1n) is 4.59. The number of amidine groups is 1. The fourth-order valence-electron chi connectivity index (χ4n) is 1.16. The zero-order chi connectivity index (χ0) is 12.3. The lowest BCUT2D eigenvalue weighted by atomic mass is 10.3. The van der Waals surface area contributed by atoms with E-state index in [4.69, 9.17) is 10.9 Å². The van der Waals surface area contributed by atoms with Gasteiger partial charge in [0.2, 0.25) is 5.71 Å². The van der Waals surface area contributed by atoms with Gasteiger partial charge in [-0.25, -0.2) is 4.31 Å². The highest BCUT2D eigenvalue weighted by Gasteiger charge is 2.37. The zero-order valence-corrected chi connectivity index (χ0v) is 9.44. The third-order valence-electron chi connectivity index (χ3n) is 1.98. The van der Waals surface area contributed by atoms with E-state index in [0.717, 1.165) is 0 Å². The van der Waals surface area contributed by atoms with E-state index in [9.17, 15) is 13.2 Å². The maximum Gasteiger partial charge on any atom is 0.349 e. The van der Waals surface area contributed by atoms with Crippen molar-refractivity contribution in [2.45, 2.75) is 19.8 Å². The smallest absolute Gasteiger partial charge is 0.349 e. The first-order valence-corrected chi connectivity index (χ1v) is 5.98. The van der Waals surface area contributed by atoms with E-state index in [1.807, 2.05) is 6.92 Å². The molecule has 0 aliphatic carbocycles. The molecule has 0 aromatic heterocycles. The maximum absolute atomic E-state index is 11.6. The summed E-state index contributed by atoms with van der Waals surface area (Å²) in [5.41, 5.74) is 4.63. The first-order chi connectivity index (χ1) is 7.44. The van der Waals surface area contributed by atoms with Crippen LogP contribution in [-0.2, 0) is 15.0 Å². The molecule has 8 nitrogen and oxygen atoms in total. The van der Waals surface area contributed by atoms with E-state index in [2.05, 4.69) is 9.55 Å². The van der Waals surface area contributed by atoms with Crippen molar-refractivity contribution in [2.75, 3.05) is 6.54 Å². The molecule has 0 fully saturated rings. The van der Waals surface area contributed by atoms with Gasteiger partial charge < -0.3 is 10.9 Å². The highest BCUT2D eigenvalue weighted by molar-refractivity contribution is 7.89. The number of unbranched alkanes of at least 4 members (excludes halogenated alkanes) is 1. The van der Waals surface area contributed by atoms with Crippen LogP contribution < -0.4 is 5.73 Å². The molecule has 3 N–H and O–H groups in total. The highest BCUT2D eigenvalue weighted by atomic mass is 32.2. The Morgan fingerprint density at radius 1 is 1.56 bits per heavy atom. The summed E-state index contributed by atoms with van der Waals surface area (Å²) in [4.78, 5) is 11.6. The van der Waals surface area contributed by atoms with Gasteiger partial charge in [-0.1, -0.05) is 18.5 Å². The monoisotopic (exact) mass is 248 g/mol. The normalized spacial score (nSPS) is 22.3. The quantitative estimate of drug-likeness (QED) is 0.492. The van der Waals surface area contributed by atoms with Gasteiger partial charge in [0.05, 0.1) is 0 Å². The molecule has 0 spiro atoms. The zero-order valence-electron chi connectivity index (χ0n) is 8.62. The Morgan fingerprint density at radius 2 is 2.19 bits per heavy atom. The second kappa shape index (κ2) is 4.47. The van der Waals surface area contributed by atoms with E-state index in [1.165, 1.54) is 0 Å². The van der Waals surface area contributed by atoms with Crippen molar-refractivity contribution in [1.82, 2.24) is 4.31 Å². The number of nitrogens with zero attached hydrogens (tertiary/aromatic N) is 3. The van der Waals surface area contributed by atoms with E-state index in [-0.39, 0.29) is 6.54 Å². The Bertz CT molecular complexity index is 453. The number of rotatable bonds is 3. The van der Waals surface area contributed by atoms with E-state index in [1.54, 1.807) is 0 Å². The van der Waals surface area contributed by atoms with Crippen LogP contribution in [0, 0.1) is 0 Å². The molecule has 1 heterocycles. The van der Waals surface area contributed by atoms with Crippen molar-refractivity contribution in [3.05, 3.63) is 0 Å². The summed E-state index contributed by atoms with van der Waals surface area (Å²) in [5, 5.41) is 11.2. The average Bonchev–Trinajstić information content (AvgIpc) is 2.16. The van der Waals surface area contributed by atoms with Crippen molar-refractivity contribution in [1.29, 1.82) is 0 Å². The Labute approximate surface area is 92.6 Å². The predicted molar refractivity (Wildman–Crippen MR) is 56.4 cm³/mol. The van der Waals surface area contributed by atoms with Gasteiger partial charge in [0.15, 0.2) is 5.84 Å². The molecular weight excluding hydrogens is 236 g/mol. The molecule has 1 amide bonds. The summed E-state index contributed by atoms with van der Waals surface area (Å²) < 4.78 is 26.6. The van der Waals surface area contributed by atoms with Crippen LogP contribution in [0.5, 0.6) is 0 Å². The second-order valence-corrected chi connectivity index (χ2v) is 4.65. The molecular formula is C7H12N4O4S. The van der Waals surface area contributed by atoms with Crippen LogP contribution in [0.4, 0.5) is 0 Å². The van der Waals surface area contributed by atoms with Crippen LogP contribution in [0.3, 0.4) is 0 Å². The first kappa shape index (κ1) is 12.4. The van der Waals surface area contributed by atoms with Crippen LogP contribution >= 0.6 is 0 Å². The number of nitrogens with two attached hydrogens (primary N) is 1. The summed E-state index contributed by atoms with van der Waals surface area (Å²) in [6.45, 7) is 1.84. The molecule has 1 aliphatic heterocycles. The highest BCUT2D eigenvalue weighted by Crippen LogP contribution is 2.12. The Hall–Kier alpha value is -1.64. The third kappa shape index (κ3) is 2.13. The van der Waals surface area contributed by atoms with Crippen LogP contribution in [-0.4, -0.2) is 41.9 Å². The molecule has 1 rings (SSSR count). The van der Waals surface area contributed by atoms with Gasteiger partial charge in [0, 0.05) is 6.54 Å². The fourth-order valence-corrected chi connectivity index (χ4v) is 2.25. The van der Waals surface area contributed by atoms with Crippen molar-refractivity contribution >= 4 is 27.7 Å². The summed E-state index contributed by atoms with van der Waals surface area (Å²) in [6.07, 6.45) is 1.21. The largest absolute Gasteiger partial charge is 0.410 e. The van der Waals surface area contributed by atoms with Crippen molar-refractivity contribution in [2.24, 2.45) is 15.3 Å². The van der Waals surface area contributed by atoms with Gasteiger partial charge in [-0.05, 0) is 6.42 Å². The van der Waals surface area contributed by atoms with Crippen molar-refractivity contribution < 1.29 is 18.4 Å². The molecule has 0 aromatic carbocycles. The topological polar surface area (TPSA) is 125 Å². The molecule has 9 heteroatoms. The van der Waals surface area contributed by atoms with Gasteiger partial charge in [-0.3, -0.25) is 4.79 Å². The standard InChI is InChI=1S/C7H12N4O4S/c1-2-3-4-11-7(12)5(9-13)6(8)10-16(11,14)15/h13H,2-4H2,1H3,(H2,8,10)/b9-5-. The molecule has 0 saturated carbocycles. The molecule has 0 radical (unpaired) electrons. The molecule has 0 atom stereocenters. The number of oxime groups is 1. The van der Waals surface area contributed by atoms with Gasteiger partial charge in [-0.2, -0.15) is 8.42 Å². The summed E-state index contributed by atoms with van der Waals surface area (Å²) >= 11 is 0. The predicted octanol–water partition coefficient (Wildman–Crippen LogP) is -0.939. The minimum Gasteiger partial charge on any atom is -0.410 e. The van der Waals surface area contributed by atoms with E-state index >= 15 is 0 Å². The number of carbonyl (C=O) groups is 1. The number of hydrogen-bond donors (Lipinski definition) is 2. The van der Waals surface area contributed by atoms with Crippen LogP contribution in [0.1, 0.15) is 19.8 Å².